The van der Waals surface area contributed by atoms with Gasteiger partial charge in [-0.3, -0.25) is 4.79 Å². The fraction of sp³-hybridized carbons (Fsp3) is 0.682. The molecule has 0 amide bonds. The minimum atomic E-state index is -0.834. The first-order valence-corrected chi connectivity index (χ1v) is 10.2. The van der Waals surface area contributed by atoms with Gasteiger partial charge in [-0.05, 0) is 74.5 Å². The maximum absolute atomic E-state index is 11.2. The Bertz CT molecular complexity index is 627. The SMILES string of the molecule is CC1(CCCC(=O)O)CCC(O)(c2cccc(OC3CCCCO3)c2)CC1. The van der Waals surface area contributed by atoms with Gasteiger partial charge in [0.2, 0.25) is 0 Å². The van der Waals surface area contributed by atoms with Gasteiger partial charge in [-0.25, -0.2) is 0 Å². The highest BCUT2D eigenvalue weighted by Crippen LogP contribution is 2.48. The molecule has 1 aromatic rings. The summed E-state index contributed by atoms with van der Waals surface area (Å²) in [5.41, 5.74) is 0.188. The fourth-order valence-corrected chi connectivity index (χ4v) is 4.29. The summed E-state index contributed by atoms with van der Waals surface area (Å²) in [6.45, 7) is 2.96. The lowest BCUT2D eigenvalue weighted by atomic mass is 9.66. The molecule has 150 valence electrons. The number of rotatable bonds is 7. The van der Waals surface area contributed by atoms with Crippen LogP contribution in [-0.4, -0.2) is 29.1 Å². The molecule has 3 rings (SSSR count). The van der Waals surface area contributed by atoms with Crippen LogP contribution in [0.5, 0.6) is 5.75 Å². The average molecular weight is 376 g/mol. The number of hydrogen-bond donors (Lipinski definition) is 2. The highest BCUT2D eigenvalue weighted by Gasteiger charge is 2.40. The molecule has 0 spiro atoms. The predicted octanol–water partition coefficient (Wildman–Crippen LogP) is 4.61. The topological polar surface area (TPSA) is 76.0 Å². The number of aliphatic hydroxyl groups is 1. The summed E-state index contributed by atoms with van der Waals surface area (Å²) in [5, 5.41) is 20.1. The molecular formula is C22H32O5. The second kappa shape index (κ2) is 8.61. The van der Waals surface area contributed by atoms with Crippen molar-refractivity contribution in [1.29, 1.82) is 0 Å². The third kappa shape index (κ3) is 5.45. The number of carboxylic acid groups (broad SMARTS) is 1. The molecule has 1 aromatic carbocycles. The van der Waals surface area contributed by atoms with Gasteiger partial charge in [0, 0.05) is 12.8 Å². The monoisotopic (exact) mass is 376 g/mol. The van der Waals surface area contributed by atoms with Crippen molar-refractivity contribution >= 4 is 5.97 Å². The van der Waals surface area contributed by atoms with E-state index in [9.17, 15) is 9.90 Å². The van der Waals surface area contributed by atoms with Gasteiger partial charge in [0.25, 0.3) is 0 Å². The molecule has 0 radical (unpaired) electrons. The van der Waals surface area contributed by atoms with E-state index in [2.05, 4.69) is 6.92 Å². The molecule has 2 N–H and O–H groups in total. The van der Waals surface area contributed by atoms with E-state index in [1.54, 1.807) is 0 Å². The van der Waals surface area contributed by atoms with E-state index in [1.807, 2.05) is 24.3 Å². The lowest BCUT2D eigenvalue weighted by Gasteiger charge is -2.42. The maximum atomic E-state index is 11.2. The molecule has 2 aliphatic rings. The van der Waals surface area contributed by atoms with Crippen molar-refractivity contribution in [1.82, 2.24) is 0 Å². The van der Waals surface area contributed by atoms with Crippen LogP contribution >= 0.6 is 0 Å². The van der Waals surface area contributed by atoms with Crippen molar-refractivity contribution in [2.75, 3.05) is 6.61 Å². The standard InChI is InChI=1S/C22H32O5/c1-21(10-5-8-19(23)24)11-13-22(25,14-12-21)17-6-4-7-18(16-17)27-20-9-2-3-15-26-20/h4,6-7,16,20,25H,2-3,5,8-15H2,1H3,(H,23,24). The van der Waals surface area contributed by atoms with Crippen molar-refractivity contribution < 1.29 is 24.5 Å². The minimum Gasteiger partial charge on any atom is -0.481 e. The number of carbonyl (C=O) groups is 1. The van der Waals surface area contributed by atoms with Crippen molar-refractivity contribution in [2.24, 2.45) is 5.41 Å². The summed E-state index contributed by atoms with van der Waals surface area (Å²) < 4.78 is 11.6. The van der Waals surface area contributed by atoms with E-state index < -0.39 is 11.6 Å². The molecule has 1 unspecified atom stereocenters. The fourth-order valence-electron chi connectivity index (χ4n) is 4.29. The van der Waals surface area contributed by atoms with E-state index in [0.717, 1.165) is 56.4 Å². The van der Waals surface area contributed by atoms with E-state index in [1.165, 1.54) is 0 Å². The lowest BCUT2D eigenvalue weighted by Crippen LogP contribution is -2.36. The molecule has 1 aliphatic carbocycles. The smallest absolute Gasteiger partial charge is 0.303 e. The first kappa shape index (κ1) is 20.2. The van der Waals surface area contributed by atoms with Gasteiger partial charge in [-0.1, -0.05) is 19.1 Å². The molecule has 5 heteroatoms. The van der Waals surface area contributed by atoms with Crippen LogP contribution in [0.3, 0.4) is 0 Å². The zero-order chi connectivity index (χ0) is 19.3. The van der Waals surface area contributed by atoms with E-state index >= 15 is 0 Å². The van der Waals surface area contributed by atoms with Crippen molar-refractivity contribution in [3.63, 3.8) is 0 Å². The molecule has 27 heavy (non-hydrogen) atoms. The molecule has 2 fully saturated rings. The van der Waals surface area contributed by atoms with E-state index in [-0.39, 0.29) is 18.1 Å². The molecule has 1 aliphatic heterocycles. The van der Waals surface area contributed by atoms with Gasteiger partial charge in [0.05, 0.1) is 12.2 Å². The molecule has 1 saturated carbocycles. The Kier molecular flexibility index (Phi) is 6.43. The van der Waals surface area contributed by atoms with E-state index in [0.29, 0.717) is 19.3 Å². The van der Waals surface area contributed by atoms with Gasteiger partial charge in [0.1, 0.15) is 5.75 Å². The van der Waals surface area contributed by atoms with E-state index in [4.69, 9.17) is 14.6 Å². The number of aliphatic carboxylic acids is 1. The Morgan fingerprint density at radius 3 is 2.70 bits per heavy atom. The number of ether oxygens (including phenoxy) is 2. The molecule has 0 bridgehead atoms. The second-order valence-electron chi connectivity index (χ2n) is 8.53. The minimum absolute atomic E-state index is 0.117. The molecule has 0 aromatic heterocycles. The van der Waals surface area contributed by atoms with Crippen molar-refractivity contribution in [3.8, 4) is 5.75 Å². The highest BCUT2D eigenvalue weighted by molar-refractivity contribution is 5.66. The van der Waals surface area contributed by atoms with Crippen LogP contribution in [0.1, 0.15) is 76.7 Å². The summed E-state index contributed by atoms with van der Waals surface area (Å²) in [5.74, 6) is 0.0206. The van der Waals surface area contributed by atoms with Crippen LogP contribution in [0.4, 0.5) is 0 Å². The Balaban J connectivity index is 1.59. The number of carboxylic acids is 1. The molecule has 1 saturated heterocycles. The third-order valence-corrected chi connectivity index (χ3v) is 6.23. The Labute approximate surface area is 161 Å². The summed E-state index contributed by atoms with van der Waals surface area (Å²) in [6, 6.07) is 7.78. The molecule has 1 atom stereocenters. The summed E-state index contributed by atoms with van der Waals surface area (Å²) >= 11 is 0. The van der Waals surface area contributed by atoms with Gasteiger partial charge < -0.3 is 19.7 Å². The summed E-state index contributed by atoms with van der Waals surface area (Å²) in [7, 11) is 0. The van der Waals surface area contributed by atoms with Crippen LogP contribution in [0.15, 0.2) is 24.3 Å². The normalized spacial score (nSPS) is 31.4. The Morgan fingerprint density at radius 1 is 1.26 bits per heavy atom. The van der Waals surface area contributed by atoms with Crippen LogP contribution in [-0.2, 0) is 15.1 Å². The Morgan fingerprint density at radius 2 is 2.04 bits per heavy atom. The quantitative estimate of drug-likeness (QED) is 0.726. The first-order valence-electron chi connectivity index (χ1n) is 10.2. The highest BCUT2D eigenvalue weighted by atomic mass is 16.7. The summed E-state index contributed by atoms with van der Waals surface area (Å²) in [4.78, 5) is 10.7. The van der Waals surface area contributed by atoms with Crippen LogP contribution in [0, 0.1) is 5.41 Å². The van der Waals surface area contributed by atoms with Gasteiger partial charge in [-0.15, -0.1) is 0 Å². The van der Waals surface area contributed by atoms with Gasteiger partial charge in [0.15, 0.2) is 6.29 Å². The van der Waals surface area contributed by atoms with Crippen LogP contribution < -0.4 is 4.74 Å². The number of hydrogen-bond acceptors (Lipinski definition) is 4. The largest absolute Gasteiger partial charge is 0.481 e. The van der Waals surface area contributed by atoms with Crippen LogP contribution in [0.25, 0.3) is 0 Å². The zero-order valence-electron chi connectivity index (χ0n) is 16.3. The molecule has 1 heterocycles. The van der Waals surface area contributed by atoms with Gasteiger partial charge in [-0.2, -0.15) is 0 Å². The average Bonchev–Trinajstić information content (AvgIpc) is 2.65. The third-order valence-electron chi connectivity index (χ3n) is 6.23. The number of benzene rings is 1. The summed E-state index contributed by atoms with van der Waals surface area (Å²) in [6.07, 6.45) is 7.95. The van der Waals surface area contributed by atoms with Gasteiger partial charge >= 0.3 is 5.97 Å². The van der Waals surface area contributed by atoms with Crippen molar-refractivity contribution in [3.05, 3.63) is 29.8 Å². The Hall–Kier alpha value is -1.59. The predicted molar refractivity (Wildman–Crippen MR) is 103 cm³/mol. The molecular weight excluding hydrogens is 344 g/mol. The second-order valence-corrected chi connectivity index (χ2v) is 8.53. The van der Waals surface area contributed by atoms with Crippen molar-refractivity contribution in [2.45, 2.75) is 83.0 Å². The first-order chi connectivity index (χ1) is 12.9. The molecule has 5 nitrogen and oxygen atoms in total. The zero-order valence-corrected chi connectivity index (χ0v) is 16.3. The van der Waals surface area contributed by atoms with Crippen LogP contribution in [0.2, 0.25) is 0 Å². The maximum Gasteiger partial charge on any atom is 0.303 e. The lowest BCUT2D eigenvalue weighted by molar-refractivity contribution is -0.137.